The zero-order valence-corrected chi connectivity index (χ0v) is 17.9. The molecule has 2 aliphatic rings. The van der Waals surface area contributed by atoms with E-state index in [0.29, 0.717) is 0 Å². The molecular weight excluding hydrogens is 366 g/mol. The third-order valence-corrected chi connectivity index (χ3v) is 7.17. The quantitative estimate of drug-likeness (QED) is 0.772. The molecule has 5 heteroatoms. The van der Waals surface area contributed by atoms with Crippen molar-refractivity contribution in [3.8, 4) is 0 Å². The normalized spacial score (nSPS) is 18.0. The van der Waals surface area contributed by atoms with Gasteiger partial charge in [-0.2, -0.15) is 0 Å². The maximum atomic E-state index is 13.0. The summed E-state index contributed by atoms with van der Waals surface area (Å²) in [6.45, 7) is 10.6. The first kappa shape index (κ1) is 19.3. The Balaban J connectivity index is 1.68. The number of thiophene rings is 1. The molecule has 1 amide bonds. The summed E-state index contributed by atoms with van der Waals surface area (Å²) in [5, 5.41) is 1.08. The third-order valence-electron chi connectivity index (χ3n) is 5.94. The van der Waals surface area contributed by atoms with Crippen molar-refractivity contribution in [2.75, 3.05) is 37.6 Å². The van der Waals surface area contributed by atoms with E-state index in [-0.39, 0.29) is 12.5 Å². The molecule has 0 saturated carbocycles. The van der Waals surface area contributed by atoms with Crippen LogP contribution in [0, 0.1) is 20.8 Å². The van der Waals surface area contributed by atoms with E-state index in [2.05, 4.69) is 49.9 Å². The topological polar surface area (TPSA) is 35.9 Å². The molecule has 0 atom stereocenters. The van der Waals surface area contributed by atoms with Gasteiger partial charge in [0.15, 0.2) is 0 Å². The van der Waals surface area contributed by atoms with Crippen LogP contribution in [0.15, 0.2) is 29.3 Å². The molecule has 4 rings (SSSR count). The Morgan fingerprint density at radius 2 is 1.71 bits per heavy atom. The van der Waals surface area contributed by atoms with Crippen LogP contribution in [-0.2, 0) is 4.79 Å². The van der Waals surface area contributed by atoms with Crippen LogP contribution in [0.5, 0.6) is 0 Å². The second-order valence-electron chi connectivity index (χ2n) is 7.94. The van der Waals surface area contributed by atoms with Gasteiger partial charge >= 0.3 is 0 Å². The van der Waals surface area contributed by atoms with Crippen molar-refractivity contribution < 1.29 is 4.79 Å². The molecule has 0 radical (unpaired) electrons. The van der Waals surface area contributed by atoms with Crippen molar-refractivity contribution in [2.24, 2.45) is 4.99 Å². The number of amides is 1. The van der Waals surface area contributed by atoms with Crippen LogP contribution >= 0.6 is 11.3 Å². The minimum atomic E-state index is 0.113. The smallest absolute Gasteiger partial charge is 0.249 e. The fourth-order valence-electron chi connectivity index (χ4n) is 4.10. The van der Waals surface area contributed by atoms with Gasteiger partial charge in [0, 0.05) is 29.1 Å². The van der Waals surface area contributed by atoms with E-state index >= 15 is 0 Å². The summed E-state index contributed by atoms with van der Waals surface area (Å²) < 4.78 is 0. The highest BCUT2D eigenvalue weighted by Gasteiger charge is 2.29. The van der Waals surface area contributed by atoms with Gasteiger partial charge in [-0.1, -0.05) is 36.2 Å². The molecule has 1 saturated heterocycles. The highest BCUT2D eigenvalue weighted by molar-refractivity contribution is 7.17. The van der Waals surface area contributed by atoms with E-state index in [4.69, 9.17) is 4.99 Å². The van der Waals surface area contributed by atoms with Crippen LogP contribution in [0.4, 0.5) is 5.00 Å². The van der Waals surface area contributed by atoms with Crippen molar-refractivity contribution in [3.63, 3.8) is 0 Å². The maximum absolute atomic E-state index is 13.0. The van der Waals surface area contributed by atoms with E-state index in [1.807, 2.05) is 4.90 Å². The van der Waals surface area contributed by atoms with E-state index in [1.165, 1.54) is 35.3 Å². The molecule has 0 unspecified atom stereocenters. The molecular formula is C23H29N3OS. The molecule has 0 aliphatic carbocycles. The van der Waals surface area contributed by atoms with Gasteiger partial charge in [-0.15, -0.1) is 11.3 Å². The molecule has 0 spiro atoms. The van der Waals surface area contributed by atoms with E-state index in [0.717, 1.165) is 48.0 Å². The van der Waals surface area contributed by atoms with Gasteiger partial charge in [-0.25, -0.2) is 0 Å². The maximum Gasteiger partial charge on any atom is 0.249 e. The van der Waals surface area contributed by atoms with E-state index < -0.39 is 0 Å². The summed E-state index contributed by atoms with van der Waals surface area (Å²) in [5.41, 5.74) is 5.69. The number of anilines is 1. The van der Waals surface area contributed by atoms with Crippen molar-refractivity contribution in [3.05, 3.63) is 51.4 Å². The Morgan fingerprint density at radius 3 is 2.43 bits per heavy atom. The number of piperidine rings is 1. The number of carbonyl (C=O) groups is 1. The monoisotopic (exact) mass is 395 g/mol. The number of aryl methyl sites for hydroxylation is 2. The number of hydrogen-bond acceptors (Lipinski definition) is 4. The van der Waals surface area contributed by atoms with Crippen molar-refractivity contribution >= 4 is 28.0 Å². The summed E-state index contributed by atoms with van der Waals surface area (Å²) in [6.07, 6.45) is 3.88. The summed E-state index contributed by atoms with van der Waals surface area (Å²) in [6, 6.07) is 8.48. The zero-order valence-electron chi connectivity index (χ0n) is 17.1. The van der Waals surface area contributed by atoms with Crippen LogP contribution in [-0.4, -0.2) is 49.2 Å². The molecule has 1 aromatic heterocycles. The number of nitrogens with zero attached hydrogens (tertiary/aromatic N) is 3. The predicted octanol–water partition coefficient (Wildman–Crippen LogP) is 4.34. The van der Waals surface area contributed by atoms with Gasteiger partial charge in [0.05, 0.1) is 5.71 Å². The standard InChI is InChI=1S/C23H29N3OS/c1-16-7-9-19(10-8-16)22-21-17(2)18(3)28-23(21)26(20(27)15-24-22)14-13-25-11-5-4-6-12-25/h7-10H,4-6,11-15H2,1-3H3. The number of fused-ring (bicyclic) bond motifs is 1. The lowest BCUT2D eigenvalue weighted by atomic mass is 9.99. The highest BCUT2D eigenvalue weighted by atomic mass is 32.1. The fourth-order valence-corrected chi connectivity index (χ4v) is 5.30. The van der Waals surface area contributed by atoms with Gasteiger partial charge in [0.25, 0.3) is 0 Å². The van der Waals surface area contributed by atoms with Crippen LogP contribution in [0.3, 0.4) is 0 Å². The number of benzene rings is 1. The molecule has 0 bridgehead atoms. The summed E-state index contributed by atoms with van der Waals surface area (Å²) in [5.74, 6) is 0.113. The molecule has 28 heavy (non-hydrogen) atoms. The number of rotatable bonds is 4. The Kier molecular flexibility index (Phi) is 5.65. The Morgan fingerprint density at radius 1 is 1.00 bits per heavy atom. The van der Waals surface area contributed by atoms with Crippen molar-refractivity contribution in [1.82, 2.24) is 4.90 Å². The van der Waals surface area contributed by atoms with Crippen molar-refractivity contribution in [1.29, 1.82) is 0 Å². The lowest BCUT2D eigenvalue weighted by Crippen LogP contribution is -2.41. The van der Waals surface area contributed by atoms with Gasteiger partial charge < -0.3 is 9.80 Å². The zero-order chi connectivity index (χ0) is 19.7. The number of aliphatic imine (C=N–C) groups is 1. The van der Waals surface area contributed by atoms with E-state index in [1.54, 1.807) is 11.3 Å². The first-order chi connectivity index (χ1) is 13.5. The fraction of sp³-hybridized carbons (Fsp3) is 0.478. The molecule has 3 heterocycles. The Bertz CT molecular complexity index is 891. The Labute approximate surface area is 171 Å². The number of likely N-dealkylation sites (tertiary alicyclic amines) is 1. The first-order valence-corrected chi connectivity index (χ1v) is 11.1. The summed E-state index contributed by atoms with van der Waals surface area (Å²) in [4.78, 5) is 23.6. The first-order valence-electron chi connectivity index (χ1n) is 10.3. The van der Waals surface area contributed by atoms with Crippen LogP contribution < -0.4 is 4.90 Å². The third kappa shape index (κ3) is 3.78. The SMILES string of the molecule is Cc1ccc(C2=NCC(=O)N(CCN3CCCCC3)c3sc(C)c(C)c32)cc1. The number of hydrogen-bond donors (Lipinski definition) is 0. The lowest BCUT2D eigenvalue weighted by molar-refractivity contribution is -0.117. The van der Waals surface area contributed by atoms with Crippen LogP contribution in [0.2, 0.25) is 0 Å². The molecule has 0 N–H and O–H groups in total. The van der Waals surface area contributed by atoms with Crippen LogP contribution in [0.1, 0.15) is 46.4 Å². The Hall–Kier alpha value is -1.98. The molecule has 2 aliphatic heterocycles. The average molecular weight is 396 g/mol. The molecule has 1 aromatic carbocycles. The van der Waals surface area contributed by atoms with Gasteiger partial charge in [-0.3, -0.25) is 9.79 Å². The lowest BCUT2D eigenvalue weighted by Gasteiger charge is -2.29. The second-order valence-corrected chi connectivity index (χ2v) is 9.15. The molecule has 2 aromatic rings. The molecule has 4 nitrogen and oxygen atoms in total. The predicted molar refractivity (Wildman–Crippen MR) is 118 cm³/mol. The highest BCUT2D eigenvalue weighted by Crippen LogP contribution is 2.38. The van der Waals surface area contributed by atoms with Crippen molar-refractivity contribution in [2.45, 2.75) is 40.0 Å². The van der Waals surface area contributed by atoms with E-state index in [9.17, 15) is 4.79 Å². The van der Waals surface area contributed by atoms with Gasteiger partial charge in [0.2, 0.25) is 5.91 Å². The molecule has 1 fully saturated rings. The second kappa shape index (κ2) is 8.18. The minimum Gasteiger partial charge on any atom is -0.302 e. The van der Waals surface area contributed by atoms with Gasteiger partial charge in [0.1, 0.15) is 11.5 Å². The summed E-state index contributed by atoms with van der Waals surface area (Å²) >= 11 is 1.74. The number of carbonyl (C=O) groups excluding carboxylic acids is 1. The molecule has 148 valence electrons. The summed E-state index contributed by atoms with van der Waals surface area (Å²) in [7, 11) is 0. The minimum absolute atomic E-state index is 0.113. The average Bonchev–Trinajstić information content (AvgIpc) is 2.91. The van der Waals surface area contributed by atoms with Gasteiger partial charge in [-0.05, 0) is 52.3 Å². The largest absolute Gasteiger partial charge is 0.302 e. The van der Waals surface area contributed by atoms with Crippen LogP contribution in [0.25, 0.3) is 0 Å².